The Hall–Kier alpha value is -1.57. The molecule has 0 radical (unpaired) electrons. The lowest BCUT2D eigenvalue weighted by Gasteiger charge is -2.17. The van der Waals surface area contributed by atoms with Gasteiger partial charge in [0, 0.05) is 31.4 Å². The quantitative estimate of drug-likeness (QED) is 0.902. The predicted molar refractivity (Wildman–Crippen MR) is 72.9 cm³/mol. The second-order valence-electron chi connectivity index (χ2n) is 5.25. The van der Waals surface area contributed by atoms with Crippen molar-refractivity contribution in [3.05, 3.63) is 17.0 Å². The first-order valence-electron chi connectivity index (χ1n) is 6.57. The van der Waals surface area contributed by atoms with Crippen LogP contribution in [0.3, 0.4) is 0 Å². The molecule has 21 heavy (non-hydrogen) atoms. The molecule has 1 aromatic rings. The summed E-state index contributed by atoms with van der Waals surface area (Å²) < 4.78 is 38.4. The van der Waals surface area contributed by atoms with Crippen molar-refractivity contribution in [2.24, 2.45) is 0 Å². The van der Waals surface area contributed by atoms with E-state index in [1.165, 1.54) is 4.90 Å². The number of aryl methyl sites for hydroxylation is 1. The topological polar surface area (TPSA) is 50.2 Å². The van der Waals surface area contributed by atoms with Gasteiger partial charge in [-0.15, -0.1) is 0 Å². The molecular weight excluding hydrogens is 285 g/mol. The largest absolute Gasteiger partial charge is 0.408 e. The number of hydrogen-bond acceptors (Lipinski definition) is 3. The van der Waals surface area contributed by atoms with Crippen LogP contribution in [0.15, 0.2) is 0 Å². The first-order chi connectivity index (χ1) is 9.53. The highest BCUT2D eigenvalue weighted by Gasteiger charge is 2.30. The molecule has 5 nitrogen and oxygen atoms in total. The van der Waals surface area contributed by atoms with E-state index in [0.29, 0.717) is 17.0 Å². The van der Waals surface area contributed by atoms with E-state index >= 15 is 0 Å². The number of carbonyl (C=O) groups is 1. The third kappa shape index (κ3) is 4.73. The molecule has 0 saturated carbocycles. The van der Waals surface area contributed by atoms with Crippen LogP contribution in [0.2, 0.25) is 0 Å². The number of nitrogens with one attached hydrogen (secondary N) is 1. The zero-order chi connectivity index (χ0) is 16.4. The van der Waals surface area contributed by atoms with Gasteiger partial charge in [-0.1, -0.05) is 0 Å². The van der Waals surface area contributed by atoms with Crippen molar-refractivity contribution < 1.29 is 18.0 Å². The third-order valence-corrected chi connectivity index (χ3v) is 3.26. The normalized spacial score (nSPS) is 13.3. The Morgan fingerprint density at radius 2 is 1.95 bits per heavy atom. The zero-order valence-corrected chi connectivity index (χ0v) is 12.9. The van der Waals surface area contributed by atoms with Gasteiger partial charge in [0.15, 0.2) is 0 Å². The Morgan fingerprint density at radius 1 is 1.38 bits per heavy atom. The summed E-state index contributed by atoms with van der Waals surface area (Å²) in [7, 11) is 3.29. The van der Waals surface area contributed by atoms with Crippen LogP contribution in [-0.4, -0.2) is 47.4 Å². The molecule has 0 fully saturated rings. The number of hydrogen-bond donors (Lipinski definition) is 1. The van der Waals surface area contributed by atoms with Crippen molar-refractivity contribution >= 4 is 5.91 Å². The highest BCUT2D eigenvalue weighted by molar-refractivity contribution is 5.77. The van der Waals surface area contributed by atoms with E-state index in [0.717, 1.165) is 4.68 Å². The molecule has 1 heterocycles. The molecule has 1 N–H and O–H groups in total. The number of alkyl halides is 3. The van der Waals surface area contributed by atoms with Crippen LogP contribution in [-0.2, 0) is 11.3 Å². The summed E-state index contributed by atoms with van der Waals surface area (Å²) in [6, 6.07) is -0.254. The maximum Gasteiger partial charge on any atom is 0.408 e. The average molecular weight is 306 g/mol. The molecule has 0 aliphatic carbocycles. The molecule has 0 aliphatic rings. The van der Waals surface area contributed by atoms with Crippen LogP contribution in [0.1, 0.15) is 29.9 Å². The van der Waals surface area contributed by atoms with Gasteiger partial charge in [0.2, 0.25) is 5.91 Å². The van der Waals surface area contributed by atoms with Crippen molar-refractivity contribution in [1.82, 2.24) is 20.0 Å². The second-order valence-corrected chi connectivity index (χ2v) is 5.25. The molecule has 120 valence electrons. The Bertz CT molecular complexity index is 508. The van der Waals surface area contributed by atoms with E-state index in [-0.39, 0.29) is 18.5 Å². The fourth-order valence-electron chi connectivity index (χ4n) is 2.16. The van der Waals surface area contributed by atoms with Crippen molar-refractivity contribution in [1.29, 1.82) is 0 Å². The minimum absolute atomic E-state index is 0.0974. The second kappa shape index (κ2) is 6.46. The summed E-state index contributed by atoms with van der Waals surface area (Å²) in [5.74, 6) is -0.0974. The van der Waals surface area contributed by atoms with Crippen molar-refractivity contribution in [3.8, 4) is 0 Å². The first-order valence-corrected chi connectivity index (χ1v) is 6.57. The number of aromatic nitrogens is 2. The molecule has 0 saturated heterocycles. The van der Waals surface area contributed by atoms with Gasteiger partial charge in [-0.05, 0) is 20.8 Å². The predicted octanol–water partition coefficient (Wildman–Crippen LogP) is 1.80. The number of likely N-dealkylation sites (N-methyl/N-ethyl adjacent to an activating group) is 1. The van der Waals surface area contributed by atoms with Crippen LogP contribution >= 0.6 is 0 Å². The molecule has 1 rings (SSSR count). The highest BCUT2D eigenvalue weighted by atomic mass is 19.4. The van der Waals surface area contributed by atoms with E-state index in [1.807, 2.05) is 0 Å². The van der Waals surface area contributed by atoms with E-state index in [4.69, 9.17) is 0 Å². The van der Waals surface area contributed by atoms with E-state index in [2.05, 4.69) is 10.4 Å². The molecule has 1 aromatic heterocycles. The summed E-state index contributed by atoms with van der Waals surface area (Å²) in [4.78, 5) is 13.0. The van der Waals surface area contributed by atoms with E-state index in [1.54, 1.807) is 34.9 Å². The van der Waals surface area contributed by atoms with Crippen LogP contribution in [0.4, 0.5) is 13.2 Å². The van der Waals surface area contributed by atoms with Gasteiger partial charge >= 0.3 is 6.18 Å². The first kappa shape index (κ1) is 17.5. The zero-order valence-electron chi connectivity index (χ0n) is 12.9. The van der Waals surface area contributed by atoms with Gasteiger partial charge in [0.1, 0.15) is 6.54 Å². The van der Waals surface area contributed by atoms with Gasteiger partial charge in [-0.3, -0.25) is 9.48 Å². The third-order valence-electron chi connectivity index (χ3n) is 3.26. The number of amides is 1. The van der Waals surface area contributed by atoms with Crippen LogP contribution < -0.4 is 5.32 Å². The lowest BCUT2D eigenvalue weighted by Crippen LogP contribution is -2.34. The lowest BCUT2D eigenvalue weighted by molar-refractivity contribution is -0.143. The van der Waals surface area contributed by atoms with Crippen LogP contribution in [0, 0.1) is 13.8 Å². The SMILES string of the molecule is Cc1nn(CC(F)(F)F)c(C)c1C(C)NCC(=O)N(C)C. The molecular formula is C13H21F3N4O. The van der Waals surface area contributed by atoms with Gasteiger partial charge in [-0.2, -0.15) is 18.3 Å². The maximum atomic E-state index is 12.5. The summed E-state index contributed by atoms with van der Waals surface area (Å²) >= 11 is 0. The van der Waals surface area contributed by atoms with Crippen LogP contribution in [0.25, 0.3) is 0 Å². The lowest BCUT2D eigenvalue weighted by atomic mass is 10.1. The summed E-state index contributed by atoms with van der Waals surface area (Å²) in [5, 5.41) is 6.95. The number of halogens is 3. The van der Waals surface area contributed by atoms with Gasteiger partial charge < -0.3 is 10.2 Å². The average Bonchev–Trinajstić information content (AvgIpc) is 2.58. The Labute approximate surface area is 122 Å². The number of nitrogens with zero attached hydrogens (tertiary/aromatic N) is 3. The Morgan fingerprint density at radius 3 is 2.43 bits per heavy atom. The minimum Gasteiger partial charge on any atom is -0.348 e. The minimum atomic E-state index is -4.31. The van der Waals surface area contributed by atoms with Gasteiger partial charge in [-0.25, -0.2) is 0 Å². The Balaban J connectivity index is 2.85. The fourth-order valence-corrected chi connectivity index (χ4v) is 2.16. The summed E-state index contributed by atoms with van der Waals surface area (Å²) in [5.41, 5.74) is 1.70. The maximum absolute atomic E-state index is 12.5. The highest BCUT2D eigenvalue weighted by Crippen LogP contribution is 2.24. The molecule has 0 aromatic carbocycles. The van der Waals surface area contributed by atoms with Crippen molar-refractivity contribution in [3.63, 3.8) is 0 Å². The monoisotopic (exact) mass is 306 g/mol. The van der Waals surface area contributed by atoms with Crippen molar-refractivity contribution in [2.45, 2.75) is 39.5 Å². The molecule has 1 amide bonds. The van der Waals surface area contributed by atoms with Gasteiger partial charge in [0.25, 0.3) is 0 Å². The van der Waals surface area contributed by atoms with Gasteiger partial charge in [0.05, 0.1) is 12.2 Å². The van der Waals surface area contributed by atoms with E-state index < -0.39 is 12.7 Å². The Kier molecular flexibility index (Phi) is 5.38. The fraction of sp³-hybridized carbons (Fsp3) is 0.692. The molecule has 1 atom stereocenters. The summed E-state index contributed by atoms with van der Waals surface area (Å²) in [6.45, 7) is 4.09. The number of rotatable bonds is 5. The summed E-state index contributed by atoms with van der Waals surface area (Å²) in [6.07, 6.45) is -4.31. The molecule has 0 spiro atoms. The van der Waals surface area contributed by atoms with Crippen molar-refractivity contribution in [2.75, 3.05) is 20.6 Å². The molecule has 0 aliphatic heterocycles. The smallest absolute Gasteiger partial charge is 0.348 e. The molecule has 8 heteroatoms. The standard InChI is InChI=1S/C13H21F3N4O/c1-8(17-6-11(21)19(4)5)12-9(2)18-20(10(12)3)7-13(14,15)16/h8,17H,6-7H2,1-5H3. The number of carbonyl (C=O) groups excluding carboxylic acids is 1. The molecule has 0 bridgehead atoms. The van der Waals surface area contributed by atoms with E-state index in [9.17, 15) is 18.0 Å². The van der Waals surface area contributed by atoms with Crippen LogP contribution in [0.5, 0.6) is 0 Å². The molecule has 1 unspecified atom stereocenters.